The zero-order valence-corrected chi connectivity index (χ0v) is 14.0. The lowest BCUT2D eigenvalue weighted by molar-refractivity contribution is -0.385. The third-order valence-corrected chi connectivity index (χ3v) is 3.35. The molecular weight excluding hydrogens is 326 g/mol. The molecule has 0 spiro atoms. The van der Waals surface area contributed by atoms with Crippen molar-refractivity contribution in [2.75, 3.05) is 13.2 Å². The summed E-state index contributed by atoms with van der Waals surface area (Å²) in [6, 6.07) is 12.9. The van der Waals surface area contributed by atoms with Crippen molar-refractivity contribution in [3.05, 3.63) is 64.2 Å². The molecule has 2 aromatic carbocycles. The molecule has 0 saturated heterocycles. The molecule has 0 N–H and O–H groups in total. The van der Waals surface area contributed by atoms with E-state index in [2.05, 4.69) is 0 Å². The number of hydrogen-bond acceptors (Lipinski definition) is 6. The fourth-order valence-electron chi connectivity index (χ4n) is 2.13. The van der Waals surface area contributed by atoms with Crippen molar-refractivity contribution in [3.8, 4) is 11.5 Å². The third kappa shape index (κ3) is 5.49. The van der Waals surface area contributed by atoms with E-state index in [0.29, 0.717) is 17.9 Å². The Morgan fingerprint density at radius 2 is 1.76 bits per heavy atom. The Hall–Kier alpha value is -3.09. The molecule has 132 valence electrons. The number of hydrogen-bond donors (Lipinski definition) is 0. The molecule has 0 aliphatic rings. The van der Waals surface area contributed by atoms with Crippen LogP contribution in [0.4, 0.5) is 5.69 Å². The minimum atomic E-state index is -0.615. The Labute approximate surface area is 145 Å². The van der Waals surface area contributed by atoms with E-state index in [1.54, 1.807) is 43.3 Å². The summed E-state index contributed by atoms with van der Waals surface area (Å²) in [4.78, 5) is 22.2. The molecule has 0 fully saturated rings. The lowest BCUT2D eigenvalue weighted by Gasteiger charge is -2.14. The van der Waals surface area contributed by atoms with Crippen LogP contribution in [0.5, 0.6) is 11.5 Å². The molecule has 7 nitrogen and oxygen atoms in total. The average molecular weight is 345 g/mol. The zero-order valence-electron chi connectivity index (χ0n) is 14.0. The highest BCUT2D eigenvalue weighted by Crippen LogP contribution is 2.22. The Morgan fingerprint density at radius 3 is 2.36 bits per heavy atom. The van der Waals surface area contributed by atoms with Crippen molar-refractivity contribution in [2.24, 2.45) is 0 Å². The summed E-state index contributed by atoms with van der Waals surface area (Å²) in [5, 5.41) is 10.8. The Balaban J connectivity index is 1.87. The summed E-state index contributed by atoms with van der Waals surface area (Å²) >= 11 is 0. The molecule has 0 saturated carbocycles. The van der Waals surface area contributed by atoms with Gasteiger partial charge in [0.15, 0.2) is 6.61 Å². The molecular formula is C18H19NO6. The van der Waals surface area contributed by atoms with Crippen molar-refractivity contribution < 1.29 is 23.9 Å². The van der Waals surface area contributed by atoms with Crippen LogP contribution in [0.1, 0.15) is 25.5 Å². The minimum absolute atomic E-state index is 0.0500. The maximum absolute atomic E-state index is 11.9. The topological polar surface area (TPSA) is 87.9 Å². The van der Waals surface area contributed by atoms with Crippen LogP contribution in [0, 0.1) is 10.1 Å². The summed E-state index contributed by atoms with van der Waals surface area (Å²) in [7, 11) is 0. The number of carbonyl (C=O) groups is 1. The molecule has 0 aromatic heterocycles. The van der Waals surface area contributed by atoms with Gasteiger partial charge in [-0.1, -0.05) is 12.1 Å². The number of ether oxygens (including phenoxy) is 3. The second-order valence-electron chi connectivity index (χ2n) is 5.18. The fraction of sp³-hybridized carbons (Fsp3) is 0.278. The van der Waals surface area contributed by atoms with E-state index in [0.717, 1.165) is 5.75 Å². The molecule has 0 radical (unpaired) electrons. The van der Waals surface area contributed by atoms with E-state index < -0.39 is 17.0 Å². The molecule has 0 aliphatic carbocycles. The molecule has 0 unspecified atom stereocenters. The lowest BCUT2D eigenvalue weighted by atomic mass is 10.1. The third-order valence-electron chi connectivity index (χ3n) is 3.35. The van der Waals surface area contributed by atoms with Crippen LogP contribution in [0.3, 0.4) is 0 Å². The number of nitrogens with zero attached hydrogens (tertiary/aromatic N) is 1. The van der Waals surface area contributed by atoms with Gasteiger partial charge in [-0.2, -0.15) is 0 Å². The van der Waals surface area contributed by atoms with Crippen LogP contribution < -0.4 is 9.47 Å². The highest BCUT2D eigenvalue weighted by Gasteiger charge is 2.15. The first-order valence-corrected chi connectivity index (χ1v) is 7.79. The number of nitro groups is 1. The maximum Gasteiger partial charge on any atom is 0.344 e. The van der Waals surface area contributed by atoms with Crippen molar-refractivity contribution in [3.63, 3.8) is 0 Å². The Kier molecular flexibility index (Phi) is 6.33. The molecule has 0 bridgehead atoms. The maximum atomic E-state index is 11.9. The molecule has 0 amide bonds. The van der Waals surface area contributed by atoms with Gasteiger partial charge in [0.1, 0.15) is 17.6 Å². The van der Waals surface area contributed by atoms with Crippen LogP contribution in [0.25, 0.3) is 0 Å². The number of rotatable bonds is 8. The van der Waals surface area contributed by atoms with Gasteiger partial charge in [-0.05, 0) is 43.7 Å². The SMILES string of the molecule is CCOc1ccc(OCC(=O)O[C@H](C)c2cccc([N+](=O)[O-])c2)cc1. The van der Waals surface area contributed by atoms with Crippen molar-refractivity contribution in [2.45, 2.75) is 20.0 Å². The molecule has 25 heavy (non-hydrogen) atoms. The first-order chi connectivity index (χ1) is 12.0. The molecule has 7 heteroatoms. The van der Waals surface area contributed by atoms with E-state index in [1.165, 1.54) is 12.1 Å². The highest BCUT2D eigenvalue weighted by molar-refractivity contribution is 5.71. The second-order valence-corrected chi connectivity index (χ2v) is 5.18. The van der Waals surface area contributed by atoms with Crippen molar-refractivity contribution >= 4 is 11.7 Å². The quantitative estimate of drug-likeness (QED) is 0.412. The molecule has 2 aromatic rings. The number of nitro benzene ring substituents is 1. The molecule has 2 rings (SSSR count). The average Bonchev–Trinajstić information content (AvgIpc) is 2.61. The van der Waals surface area contributed by atoms with E-state index >= 15 is 0 Å². The smallest absolute Gasteiger partial charge is 0.344 e. The number of benzene rings is 2. The van der Waals surface area contributed by atoms with Crippen LogP contribution in [-0.2, 0) is 9.53 Å². The van der Waals surface area contributed by atoms with Gasteiger partial charge in [0, 0.05) is 12.1 Å². The highest BCUT2D eigenvalue weighted by atomic mass is 16.6. The lowest BCUT2D eigenvalue weighted by Crippen LogP contribution is -2.17. The van der Waals surface area contributed by atoms with Gasteiger partial charge in [-0.25, -0.2) is 4.79 Å². The predicted molar refractivity (Wildman–Crippen MR) is 90.7 cm³/mol. The minimum Gasteiger partial charge on any atom is -0.494 e. The van der Waals surface area contributed by atoms with Gasteiger partial charge in [0.2, 0.25) is 0 Å². The van der Waals surface area contributed by atoms with Crippen LogP contribution >= 0.6 is 0 Å². The largest absolute Gasteiger partial charge is 0.494 e. The van der Waals surface area contributed by atoms with Gasteiger partial charge in [0.25, 0.3) is 5.69 Å². The number of esters is 1. The van der Waals surface area contributed by atoms with E-state index in [9.17, 15) is 14.9 Å². The summed E-state index contributed by atoms with van der Waals surface area (Å²) in [5.41, 5.74) is 0.495. The van der Waals surface area contributed by atoms with Crippen molar-refractivity contribution in [1.29, 1.82) is 0 Å². The Bertz CT molecular complexity index is 729. The summed E-state index contributed by atoms with van der Waals surface area (Å²) in [6.45, 7) is 3.85. The van der Waals surface area contributed by atoms with Gasteiger partial charge in [-0.3, -0.25) is 10.1 Å². The predicted octanol–water partition coefficient (Wildman–Crippen LogP) is 3.68. The van der Waals surface area contributed by atoms with Gasteiger partial charge in [-0.15, -0.1) is 0 Å². The Morgan fingerprint density at radius 1 is 1.12 bits per heavy atom. The monoisotopic (exact) mass is 345 g/mol. The van der Waals surface area contributed by atoms with Crippen LogP contribution in [0.2, 0.25) is 0 Å². The van der Waals surface area contributed by atoms with Crippen LogP contribution in [0.15, 0.2) is 48.5 Å². The summed E-state index contributed by atoms with van der Waals surface area (Å²) in [6.07, 6.45) is -0.615. The van der Waals surface area contributed by atoms with E-state index in [4.69, 9.17) is 14.2 Å². The van der Waals surface area contributed by atoms with Gasteiger partial charge >= 0.3 is 5.97 Å². The molecule has 0 aliphatic heterocycles. The molecule has 1 atom stereocenters. The standard InChI is InChI=1S/C18H19NO6/c1-3-23-16-7-9-17(10-8-16)24-12-18(20)25-13(2)14-5-4-6-15(11-14)19(21)22/h4-11,13H,3,12H2,1-2H3/t13-/m1/s1. The normalized spacial score (nSPS) is 11.4. The van der Waals surface area contributed by atoms with E-state index in [-0.39, 0.29) is 12.3 Å². The zero-order chi connectivity index (χ0) is 18.2. The van der Waals surface area contributed by atoms with Gasteiger partial charge in [0.05, 0.1) is 11.5 Å². The molecule has 0 heterocycles. The number of carbonyl (C=O) groups excluding carboxylic acids is 1. The van der Waals surface area contributed by atoms with E-state index in [1.807, 2.05) is 6.92 Å². The number of non-ortho nitro benzene ring substituents is 1. The fourth-order valence-corrected chi connectivity index (χ4v) is 2.13. The summed E-state index contributed by atoms with van der Waals surface area (Å²) < 4.78 is 15.9. The first-order valence-electron chi connectivity index (χ1n) is 7.79. The van der Waals surface area contributed by atoms with Crippen molar-refractivity contribution in [1.82, 2.24) is 0 Å². The second kappa shape index (κ2) is 8.68. The summed E-state index contributed by atoms with van der Waals surface area (Å²) in [5.74, 6) is 0.674. The van der Waals surface area contributed by atoms with Gasteiger partial charge < -0.3 is 14.2 Å². The van der Waals surface area contributed by atoms with Crippen LogP contribution in [-0.4, -0.2) is 24.1 Å². The first kappa shape index (κ1) is 18.3.